The van der Waals surface area contributed by atoms with Crippen molar-refractivity contribution >= 4 is 33.4 Å². The summed E-state index contributed by atoms with van der Waals surface area (Å²) in [7, 11) is -3.08. The summed E-state index contributed by atoms with van der Waals surface area (Å²) in [6.45, 7) is 1.62. The summed E-state index contributed by atoms with van der Waals surface area (Å²) in [4.78, 5) is 0. The molecule has 0 aromatic rings. The van der Waals surface area contributed by atoms with Crippen LogP contribution in [-0.4, -0.2) is 17.0 Å². The van der Waals surface area contributed by atoms with Gasteiger partial charge in [0, 0.05) is 0 Å². The molecule has 3 nitrogen and oxygen atoms in total. The van der Waals surface area contributed by atoms with Gasteiger partial charge in [-0.25, -0.2) is 8.42 Å². The average molecular weight is 309 g/mol. The lowest BCUT2D eigenvalue weighted by molar-refractivity contribution is 0.609. The summed E-state index contributed by atoms with van der Waals surface area (Å²) in [5.41, 5.74) is 0.429. The molecule has 0 amide bonds. The summed E-state index contributed by atoms with van der Waals surface area (Å²) in [5.74, 6) is 0.116. The van der Waals surface area contributed by atoms with E-state index in [0.29, 0.717) is 8.41 Å². The first kappa shape index (κ1) is 10.6. The summed E-state index contributed by atoms with van der Waals surface area (Å²) in [6.07, 6.45) is 3.17. The monoisotopic (exact) mass is 309 g/mol. The second-order valence-electron chi connectivity index (χ2n) is 2.32. The minimum atomic E-state index is -3.08. The van der Waals surface area contributed by atoms with Gasteiger partial charge in [-0.05, 0) is 16.2 Å². The molecule has 0 atom stereocenters. The van der Waals surface area contributed by atoms with Crippen LogP contribution < -0.4 is 0 Å². The van der Waals surface area contributed by atoms with E-state index >= 15 is 0 Å². The van der Waals surface area contributed by atoms with Crippen LogP contribution in [0.15, 0.2) is 21.8 Å². The number of halogens is 1. The number of sulfone groups is 1. The summed E-state index contributed by atoms with van der Waals surface area (Å²) in [6, 6.07) is 1.94. The highest BCUT2D eigenvalue weighted by atomic mass is 127. The van der Waals surface area contributed by atoms with Crippen molar-refractivity contribution < 1.29 is 8.42 Å². The van der Waals surface area contributed by atoms with Crippen molar-refractivity contribution in [3.05, 3.63) is 21.8 Å². The molecule has 0 spiro atoms. The van der Waals surface area contributed by atoms with Gasteiger partial charge in [0.05, 0.1) is 17.4 Å². The van der Waals surface area contributed by atoms with E-state index in [-0.39, 0.29) is 5.75 Å². The van der Waals surface area contributed by atoms with Gasteiger partial charge >= 0.3 is 0 Å². The van der Waals surface area contributed by atoms with E-state index in [4.69, 9.17) is 5.26 Å². The van der Waals surface area contributed by atoms with Gasteiger partial charge in [0.1, 0.15) is 2.84 Å². The molecule has 1 aliphatic heterocycles. The standard InChI is InChI=1S/C8H8INO2S/c1-2-13(11,12)8-5-7(6-10)3-4-9-8/h3-5H,2H2,1H3. The Bertz CT molecular complexity index is 437. The third-order valence-electron chi connectivity index (χ3n) is 1.49. The van der Waals surface area contributed by atoms with Gasteiger partial charge in [0.2, 0.25) is 0 Å². The molecule has 0 saturated heterocycles. The van der Waals surface area contributed by atoms with Crippen molar-refractivity contribution in [1.82, 2.24) is 0 Å². The van der Waals surface area contributed by atoms with E-state index in [1.807, 2.05) is 6.07 Å². The number of allylic oxidation sites excluding steroid dienone is 2. The Morgan fingerprint density at radius 2 is 2.31 bits per heavy atom. The van der Waals surface area contributed by atoms with Gasteiger partial charge in [-0.3, -0.25) is 0 Å². The van der Waals surface area contributed by atoms with Crippen LogP contribution in [0.4, 0.5) is 0 Å². The van der Waals surface area contributed by atoms with Gasteiger partial charge in [-0.15, -0.1) is 0 Å². The van der Waals surface area contributed by atoms with Crippen LogP contribution in [0, 0.1) is 11.3 Å². The summed E-state index contributed by atoms with van der Waals surface area (Å²) >= 11 is -0.560. The highest BCUT2D eigenvalue weighted by molar-refractivity contribution is 14.2. The third kappa shape index (κ3) is 2.48. The van der Waals surface area contributed by atoms with Crippen LogP contribution in [-0.2, 0) is 9.84 Å². The van der Waals surface area contributed by atoms with Crippen LogP contribution in [0.3, 0.4) is 0 Å². The van der Waals surface area contributed by atoms with E-state index in [1.54, 1.807) is 17.1 Å². The molecule has 0 unspecified atom stereocenters. The fourth-order valence-electron chi connectivity index (χ4n) is 0.728. The largest absolute Gasteiger partial charge is 0.223 e. The Morgan fingerprint density at radius 1 is 1.62 bits per heavy atom. The Labute approximate surface area is 87.4 Å². The van der Waals surface area contributed by atoms with Gasteiger partial charge in [0.25, 0.3) is 0 Å². The predicted molar refractivity (Wildman–Crippen MR) is 61.3 cm³/mol. The van der Waals surface area contributed by atoms with Crippen molar-refractivity contribution in [3.63, 3.8) is 0 Å². The first-order chi connectivity index (χ1) is 6.10. The minimum absolute atomic E-state index is 0.116. The van der Waals surface area contributed by atoms with E-state index in [9.17, 15) is 8.42 Å². The number of hydrogen-bond acceptors (Lipinski definition) is 3. The summed E-state index contributed by atoms with van der Waals surface area (Å²) < 4.78 is 25.1. The number of hydrogen-bond donors (Lipinski definition) is 0. The normalized spacial score (nSPS) is 16.6. The van der Waals surface area contributed by atoms with Crippen molar-refractivity contribution in [2.75, 3.05) is 5.75 Å². The molecule has 0 saturated carbocycles. The van der Waals surface area contributed by atoms with E-state index in [2.05, 4.69) is 0 Å². The van der Waals surface area contributed by atoms with Crippen molar-refractivity contribution in [1.29, 1.82) is 5.26 Å². The number of nitriles is 1. The SMILES string of the molecule is CCS(=O)(=O)C1=IC=CC(C#N)=C1. The zero-order valence-electron chi connectivity index (χ0n) is 6.99. The zero-order chi connectivity index (χ0) is 9.90. The quantitative estimate of drug-likeness (QED) is 0.726. The second kappa shape index (κ2) is 4.15. The van der Waals surface area contributed by atoms with Crippen LogP contribution in [0.25, 0.3) is 0 Å². The van der Waals surface area contributed by atoms with Crippen LogP contribution in [0.2, 0.25) is 0 Å². The minimum Gasteiger partial charge on any atom is -0.223 e. The molecule has 0 aromatic carbocycles. The van der Waals surface area contributed by atoms with Gasteiger partial charge < -0.3 is 0 Å². The molecule has 0 bridgehead atoms. The van der Waals surface area contributed by atoms with Crippen LogP contribution >= 0.6 is 20.7 Å². The van der Waals surface area contributed by atoms with Gasteiger partial charge in [-0.2, -0.15) is 5.26 Å². The molecule has 0 N–H and O–H groups in total. The maximum atomic E-state index is 11.4. The smallest absolute Gasteiger partial charge is 0.183 e. The molecule has 1 heterocycles. The molecule has 0 aliphatic carbocycles. The van der Waals surface area contributed by atoms with Crippen molar-refractivity contribution in [2.45, 2.75) is 6.92 Å². The lowest BCUT2D eigenvalue weighted by atomic mass is 10.3. The van der Waals surface area contributed by atoms with Crippen molar-refractivity contribution in [2.24, 2.45) is 0 Å². The molecule has 0 aromatic heterocycles. The highest BCUT2D eigenvalue weighted by Gasteiger charge is 2.15. The molecule has 70 valence electrons. The second-order valence-corrected chi connectivity index (χ2v) is 7.80. The Balaban J connectivity index is 3.14. The average Bonchev–Trinajstić information content (AvgIpc) is 2.18. The number of rotatable bonds is 2. The molecular formula is C8H8INO2S. The van der Waals surface area contributed by atoms with Crippen molar-refractivity contribution in [3.8, 4) is 6.07 Å². The molecule has 0 radical (unpaired) electrons. The predicted octanol–water partition coefficient (Wildman–Crippen LogP) is 1.50. The van der Waals surface area contributed by atoms with E-state index in [1.165, 1.54) is 6.08 Å². The third-order valence-corrected chi connectivity index (χ3v) is 7.22. The Kier molecular flexibility index (Phi) is 3.39. The highest BCUT2D eigenvalue weighted by Crippen LogP contribution is 2.18. The van der Waals surface area contributed by atoms with Gasteiger partial charge in [-0.1, -0.05) is 27.7 Å². The molecule has 5 heteroatoms. The molecular weight excluding hydrogens is 301 g/mol. The Morgan fingerprint density at radius 3 is 2.85 bits per heavy atom. The first-order valence-electron chi connectivity index (χ1n) is 3.61. The molecule has 1 rings (SSSR count). The maximum absolute atomic E-state index is 11.4. The molecule has 0 fully saturated rings. The first-order valence-corrected chi connectivity index (χ1v) is 7.59. The lowest BCUT2D eigenvalue weighted by Crippen LogP contribution is -2.13. The fourth-order valence-corrected chi connectivity index (χ4v) is 5.32. The van der Waals surface area contributed by atoms with E-state index < -0.39 is 30.6 Å². The van der Waals surface area contributed by atoms with Gasteiger partial charge in [0.15, 0.2) is 9.84 Å². The van der Waals surface area contributed by atoms with E-state index in [0.717, 1.165) is 0 Å². The lowest BCUT2D eigenvalue weighted by Gasteiger charge is -2.03. The van der Waals surface area contributed by atoms with Crippen LogP contribution in [0.1, 0.15) is 6.92 Å². The molecule has 13 heavy (non-hydrogen) atoms. The van der Waals surface area contributed by atoms with Crippen LogP contribution in [0.5, 0.6) is 0 Å². The number of nitrogens with zero attached hydrogens (tertiary/aromatic N) is 1. The fraction of sp³-hybridized carbons (Fsp3) is 0.250. The topological polar surface area (TPSA) is 57.9 Å². The Hall–Kier alpha value is -0.480. The summed E-state index contributed by atoms with van der Waals surface area (Å²) in [5, 5.41) is 8.58. The maximum Gasteiger partial charge on any atom is 0.183 e. The zero-order valence-corrected chi connectivity index (χ0v) is 9.96. The molecule has 1 aliphatic rings.